The third-order valence-electron chi connectivity index (χ3n) is 4.21. The Morgan fingerprint density at radius 1 is 1.14 bits per heavy atom. The van der Waals surface area contributed by atoms with Crippen molar-refractivity contribution >= 4 is 40.4 Å². The van der Waals surface area contributed by atoms with E-state index in [-0.39, 0.29) is 24.2 Å². The predicted molar refractivity (Wildman–Crippen MR) is 118 cm³/mol. The molecule has 0 saturated carbocycles. The monoisotopic (exact) mass is 427 g/mol. The molecule has 5 nitrogen and oxygen atoms in total. The van der Waals surface area contributed by atoms with Crippen molar-refractivity contribution in [1.29, 1.82) is 0 Å². The fourth-order valence-electron chi connectivity index (χ4n) is 2.62. The molecular formula is C22H22ClN3O2S. The molecule has 0 fully saturated rings. The number of anilines is 1. The van der Waals surface area contributed by atoms with Crippen LogP contribution in [-0.2, 0) is 22.6 Å². The standard InChI is InChI=1S/C22H22ClN3O2S/c1-14(2)21(28)25-16-7-5-6-15(10-16)12-24-20(27)11-17-13-29-22(26-17)18-8-3-4-9-19(18)23/h3-10,13-14H,11-12H2,1-2H3,(H,24,27)(H,25,28). The van der Waals surface area contributed by atoms with Crippen LogP contribution in [0.15, 0.2) is 53.9 Å². The quantitative estimate of drug-likeness (QED) is 0.562. The average Bonchev–Trinajstić information content (AvgIpc) is 3.15. The topological polar surface area (TPSA) is 71.1 Å². The Morgan fingerprint density at radius 2 is 1.93 bits per heavy atom. The molecule has 3 rings (SSSR count). The minimum atomic E-state index is -0.113. The van der Waals surface area contributed by atoms with Gasteiger partial charge in [-0.1, -0.05) is 55.8 Å². The van der Waals surface area contributed by atoms with E-state index in [9.17, 15) is 9.59 Å². The van der Waals surface area contributed by atoms with Crippen LogP contribution < -0.4 is 10.6 Å². The number of carbonyl (C=O) groups excluding carboxylic acids is 2. The van der Waals surface area contributed by atoms with E-state index < -0.39 is 0 Å². The number of amides is 2. The highest BCUT2D eigenvalue weighted by molar-refractivity contribution is 7.13. The van der Waals surface area contributed by atoms with E-state index in [1.165, 1.54) is 11.3 Å². The first-order chi connectivity index (χ1) is 13.9. The molecule has 0 aliphatic rings. The molecule has 0 aliphatic carbocycles. The number of halogens is 1. The molecule has 2 N–H and O–H groups in total. The van der Waals surface area contributed by atoms with Gasteiger partial charge in [-0.2, -0.15) is 0 Å². The van der Waals surface area contributed by atoms with E-state index in [1.807, 2.05) is 67.8 Å². The second-order valence-corrected chi connectivity index (χ2v) is 8.19. The number of hydrogen-bond donors (Lipinski definition) is 2. The van der Waals surface area contributed by atoms with Crippen LogP contribution in [0.3, 0.4) is 0 Å². The number of rotatable bonds is 7. The van der Waals surface area contributed by atoms with Gasteiger partial charge in [0, 0.05) is 29.1 Å². The van der Waals surface area contributed by atoms with Crippen molar-refractivity contribution in [1.82, 2.24) is 10.3 Å². The van der Waals surface area contributed by atoms with Gasteiger partial charge in [0.2, 0.25) is 11.8 Å². The van der Waals surface area contributed by atoms with E-state index in [2.05, 4.69) is 15.6 Å². The van der Waals surface area contributed by atoms with E-state index in [0.717, 1.165) is 21.8 Å². The van der Waals surface area contributed by atoms with E-state index >= 15 is 0 Å². The maximum absolute atomic E-state index is 12.3. The summed E-state index contributed by atoms with van der Waals surface area (Å²) in [6.45, 7) is 4.07. The largest absolute Gasteiger partial charge is 0.352 e. The first-order valence-electron chi connectivity index (χ1n) is 9.28. The molecular weight excluding hydrogens is 406 g/mol. The average molecular weight is 428 g/mol. The summed E-state index contributed by atoms with van der Waals surface area (Å²) in [5, 5.41) is 9.07. The van der Waals surface area contributed by atoms with Crippen LogP contribution in [0.2, 0.25) is 5.02 Å². The molecule has 2 amide bonds. The van der Waals surface area contributed by atoms with Crippen molar-refractivity contribution < 1.29 is 9.59 Å². The molecule has 7 heteroatoms. The Bertz CT molecular complexity index is 1020. The van der Waals surface area contributed by atoms with Crippen LogP contribution in [0.5, 0.6) is 0 Å². The summed E-state index contributed by atoms with van der Waals surface area (Å²) < 4.78 is 0. The first-order valence-corrected chi connectivity index (χ1v) is 10.5. The van der Waals surface area contributed by atoms with E-state index in [1.54, 1.807) is 0 Å². The van der Waals surface area contributed by atoms with Gasteiger partial charge < -0.3 is 10.6 Å². The Kier molecular flexibility index (Phi) is 7.01. The van der Waals surface area contributed by atoms with Crippen molar-refractivity contribution in [3.8, 4) is 10.6 Å². The second-order valence-electron chi connectivity index (χ2n) is 6.92. The maximum Gasteiger partial charge on any atom is 0.226 e. The molecule has 3 aromatic rings. The van der Waals surface area contributed by atoms with Crippen LogP contribution in [0, 0.1) is 5.92 Å². The molecule has 150 valence electrons. The van der Waals surface area contributed by atoms with Crippen LogP contribution in [0.1, 0.15) is 25.1 Å². The van der Waals surface area contributed by atoms with E-state index in [0.29, 0.717) is 17.3 Å². The van der Waals surface area contributed by atoms with E-state index in [4.69, 9.17) is 11.6 Å². The van der Waals surface area contributed by atoms with Crippen molar-refractivity contribution in [3.63, 3.8) is 0 Å². The number of nitrogens with zero attached hydrogens (tertiary/aromatic N) is 1. The molecule has 0 spiro atoms. The summed E-state index contributed by atoms with van der Waals surface area (Å²) in [5.74, 6) is -0.242. The zero-order valence-electron chi connectivity index (χ0n) is 16.2. The van der Waals surface area contributed by atoms with Crippen LogP contribution in [0.25, 0.3) is 10.6 Å². The van der Waals surface area contributed by atoms with Crippen molar-refractivity contribution in [2.75, 3.05) is 5.32 Å². The molecule has 1 aromatic heterocycles. The van der Waals surface area contributed by atoms with Gasteiger partial charge in [0.15, 0.2) is 0 Å². The Hall–Kier alpha value is -2.70. The molecule has 0 unspecified atom stereocenters. The molecule has 0 saturated heterocycles. The van der Waals surface area contributed by atoms with Gasteiger partial charge in [-0.15, -0.1) is 11.3 Å². The van der Waals surface area contributed by atoms with Crippen molar-refractivity contribution in [3.05, 3.63) is 70.2 Å². The van der Waals surface area contributed by atoms with Crippen molar-refractivity contribution in [2.45, 2.75) is 26.8 Å². The number of thiazole rings is 1. The Labute approximate surface area is 179 Å². The van der Waals surface area contributed by atoms with Gasteiger partial charge in [-0.05, 0) is 23.8 Å². The SMILES string of the molecule is CC(C)C(=O)Nc1cccc(CNC(=O)Cc2csc(-c3ccccc3Cl)n2)c1. The molecule has 29 heavy (non-hydrogen) atoms. The summed E-state index contributed by atoms with van der Waals surface area (Å²) in [6, 6.07) is 15.0. The number of benzene rings is 2. The summed E-state index contributed by atoms with van der Waals surface area (Å²) in [5.41, 5.74) is 3.21. The van der Waals surface area contributed by atoms with Crippen LogP contribution >= 0.6 is 22.9 Å². The highest BCUT2D eigenvalue weighted by Gasteiger charge is 2.11. The van der Waals surface area contributed by atoms with Gasteiger partial charge in [0.25, 0.3) is 0 Å². The zero-order valence-corrected chi connectivity index (χ0v) is 17.8. The van der Waals surface area contributed by atoms with Crippen LogP contribution in [-0.4, -0.2) is 16.8 Å². The van der Waals surface area contributed by atoms with Gasteiger partial charge in [0.1, 0.15) is 5.01 Å². The Morgan fingerprint density at radius 3 is 2.69 bits per heavy atom. The smallest absolute Gasteiger partial charge is 0.226 e. The number of hydrogen-bond acceptors (Lipinski definition) is 4. The maximum atomic E-state index is 12.3. The second kappa shape index (κ2) is 9.67. The molecule has 0 atom stereocenters. The summed E-state index contributed by atoms with van der Waals surface area (Å²) in [6.07, 6.45) is 0.199. The predicted octanol–water partition coefficient (Wildman–Crippen LogP) is 4.92. The van der Waals surface area contributed by atoms with Gasteiger partial charge in [0.05, 0.1) is 17.1 Å². The zero-order chi connectivity index (χ0) is 20.8. The fraction of sp³-hybridized carbons (Fsp3) is 0.227. The van der Waals surface area contributed by atoms with Gasteiger partial charge >= 0.3 is 0 Å². The number of carbonyl (C=O) groups is 2. The highest BCUT2D eigenvalue weighted by Crippen LogP contribution is 2.30. The minimum Gasteiger partial charge on any atom is -0.352 e. The molecule has 2 aromatic carbocycles. The lowest BCUT2D eigenvalue weighted by atomic mass is 10.1. The molecule has 0 radical (unpaired) electrons. The number of aromatic nitrogens is 1. The minimum absolute atomic E-state index is 0.0379. The Balaban J connectivity index is 1.56. The van der Waals surface area contributed by atoms with Gasteiger partial charge in [-0.25, -0.2) is 4.98 Å². The lowest BCUT2D eigenvalue weighted by Gasteiger charge is -2.10. The normalized spacial score (nSPS) is 10.8. The van der Waals surface area contributed by atoms with Crippen LogP contribution in [0.4, 0.5) is 5.69 Å². The summed E-state index contributed by atoms with van der Waals surface area (Å²) in [4.78, 5) is 28.7. The molecule has 0 aliphatic heterocycles. The summed E-state index contributed by atoms with van der Waals surface area (Å²) in [7, 11) is 0. The first kappa shape index (κ1) is 21.0. The lowest BCUT2D eigenvalue weighted by molar-refractivity contribution is -0.121. The highest BCUT2D eigenvalue weighted by atomic mass is 35.5. The lowest BCUT2D eigenvalue weighted by Crippen LogP contribution is -2.24. The molecule has 0 bridgehead atoms. The number of nitrogens with one attached hydrogen (secondary N) is 2. The third-order valence-corrected chi connectivity index (χ3v) is 5.46. The third kappa shape index (κ3) is 5.89. The van der Waals surface area contributed by atoms with Gasteiger partial charge in [-0.3, -0.25) is 9.59 Å². The van der Waals surface area contributed by atoms with Crippen molar-refractivity contribution in [2.24, 2.45) is 5.92 Å². The summed E-state index contributed by atoms with van der Waals surface area (Å²) >= 11 is 7.68. The fourth-order valence-corrected chi connectivity index (χ4v) is 3.76. The molecule has 1 heterocycles.